The smallest absolute Gasteiger partial charge is 0.227 e. The second-order valence-electron chi connectivity index (χ2n) is 5.29. The van der Waals surface area contributed by atoms with Crippen molar-refractivity contribution in [1.29, 1.82) is 0 Å². The maximum absolute atomic E-state index is 12.5. The number of carbonyl (C=O) groups excluding carboxylic acids is 2. The molecule has 1 aromatic carbocycles. The van der Waals surface area contributed by atoms with Crippen molar-refractivity contribution in [2.75, 3.05) is 30.0 Å². The quantitative estimate of drug-likeness (QED) is 0.894. The lowest BCUT2D eigenvalue weighted by molar-refractivity contribution is -0.119. The number of benzene rings is 1. The lowest BCUT2D eigenvalue weighted by Crippen LogP contribution is -2.33. The monoisotopic (exact) mass is 274 g/mol. The van der Waals surface area contributed by atoms with Gasteiger partial charge >= 0.3 is 0 Å². The molecule has 0 radical (unpaired) electrons. The molecule has 0 bridgehead atoms. The highest BCUT2D eigenvalue weighted by Gasteiger charge is 2.27. The van der Waals surface area contributed by atoms with E-state index in [-0.39, 0.29) is 11.8 Å². The van der Waals surface area contributed by atoms with Gasteiger partial charge in [0.15, 0.2) is 0 Å². The summed E-state index contributed by atoms with van der Waals surface area (Å²) in [6.07, 6.45) is 1.77. The van der Waals surface area contributed by atoms with E-state index in [9.17, 15) is 9.59 Å². The van der Waals surface area contributed by atoms with Crippen molar-refractivity contribution in [1.82, 2.24) is 0 Å². The van der Waals surface area contributed by atoms with Crippen molar-refractivity contribution >= 4 is 23.2 Å². The molecule has 2 amide bonds. The molecule has 2 aliphatic heterocycles. The van der Waals surface area contributed by atoms with Gasteiger partial charge in [0.2, 0.25) is 11.8 Å². The fraction of sp³-hybridized carbons (Fsp3) is 0.467. The van der Waals surface area contributed by atoms with Gasteiger partial charge < -0.3 is 15.0 Å². The predicted octanol–water partition coefficient (Wildman–Crippen LogP) is 1.79. The summed E-state index contributed by atoms with van der Waals surface area (Å²) in [5.41, 5.74) is 1.51. The van der Waals surface area contributed by atoms with E-state index in [0.717, 1.165) is 18.7 Å². The standard InChI is InChI=1S/C15H18N2O3/c18-14-5-7-17(13-4-2-1-3-12(13)16-14)15(19)9-11-6-8-20-10-11/h1-4,11H,5-10H2,(H,16,18)/t11-/m1/s1. The van der Waals surface area contributed by atoms with Gasteiger partial charge in [-0.1, -0.05) is 12.1 Å². The zero-order valence-corrected chi connectivity index (χ0v) is 11.3. The van der Waals surface area contributed by atoms with Crippen molar-refractivity contribution in [3.8, 4) is 0 Å². The largest absolute Gasteiger partial charge is 0.381 e. The first-order valence-corrected chi connectivity index (χ1v) is 7.01. The van der Waals surface area contributed by atoms with Crippen molar-refractivity contribution in [2.24, 2.45) is 5.92 Å². The number of para-hydroxylation sites is 2. The Balaban J connectivity index is 1.81. The zero-order valence-electron chi connectivity index (χ0n) is 11.3. The molecule has 106 valence electrons. The van der Waals surface area contributed by atoms with Gasteiger partial charge in [0.25, 0.3) is 0 Å². The van der Waals surface area contributed by atoms with Crippen LogP contribution in [0.5, 0.6) is 0 Å². The van der Waals surface area contributed by atoms with Crippen molar-refractivity contribution in [2.45, 2.75) is 19.3 Å². The van der Waals surface area contributed by atoms with Crippen LogP contribution in [0.4, 0.5) is 11.4 Å². The van der Waals surface area contributed by atoms with Crippen LogP contribution in [0.15, 0.2) is 24.3 Å². The van der Waals surface area contributed by atoms with Gasteiger partial charge in [-0.3, -0.25) is 9.59 Å². The first-order chi connectivity index (χ1) is 9.74. The second kappa shape index (κ2) is 5.63. The molecule has 1 fully saturated rings. The molecule has 2 aliphatic rings. The Labute approximate surface area is 117 Å². The molecule has 3 rings (SSSR count). The summed E-state index contributed by atoms with van der Waals surface area (Å²) >= 11 is 0. The van der Waals surface area contributed by atoms with Gasteiger partial charge in [0.05, 0.1) is 11.4 Å². The summed E-state index contributed by atoms with van der Waals surface area (Å²) in [5, 5.41) is 2.84. The Bertz CT molecular complexity index is 524. The Morgan fingerprint density at radius 1 is 1.40 bits per heavy atom. The Morgan fingerprint density at radius 2 is 2.25 bits per heavy atom. The Morgan fingerprint density at radius 3 is 3.05 bits per heavy atom. The Hall–Kier alpha value is -1.88. The number of hydrogen-bond acceptors (Lipinski definition) is 3. The van der Waals surface area contributed by atoms with Crippen LogP contribution in [0.1, 0.15) is 19.3 Å². The lowest BCUT2D eigenvalue weighted by atomic mass is 10.0. The highest BCUT2D eigenvalue weighted by atomic mass is 16.5. The Kier molecular flexibility index (Phi) is 3.69. The van der Waals surface area contributed by atoms with Crippen LogP contribution in [0, 0.1) is 5.92 Å². The molecule has 0 spiro atoms. The maximum atomic E-state index is 12.5. The fourth-order valence-corrected chi connectivity index (χ4v) is 2.72. The average Bonchev–Trinajstić information content (AvgIpc) is 2.87. The number of amides is 2. The zero-order chi connectivity index (χ0) is 13.9. The summed E-state index contributed by atoms with van der Waals surface area (Å²) < 4.78 is 5.32. The van der Waals surface area contributed by atoms with Crippen LogP contribution in [0.3, 0.4) is 0 Å². The number of fused-ring (bicyclic) bond motifs is 1. The predicted molar refractivity (Wildman–Crippen MR) is 75.6 cm³/mol. The summed E-state index contributed by atoms with van der Waals surface area (Å²) in [5.74, 6) is 0.336. The fourth-order valence-electron chi connectivity index (χ4n) is 2.72. The summed E-state index contributed by atoms with van der Waals surface area (Å²) in [6.45, 7) is 1.85. The van der Waals surface area contributed by atoms with Crippen LogP contribution in [0.2, 0.25) is 0 Å². The number of nitrogens with one attached hydrogen (secondary N) is 1. The third kappa shape index (κ3) is 2.67. The summed E-state index contributed by atoms with van der Waals surface area (Å²) in [7, 11) is 0. The molecule has 1 N–H and O–H groups in total. The van der Waals surface area contributed by atoms with E-state index in [4.69, 9.17) is 4.74 Å². The van der Waals surface area contributed by atoms with E-state index in [1.54, 1.807) is 4.90 Å². The molecule has 1 atom stereocenters. The van der Waals surface area contributed by atoms with E-state index >= 15 is 0 Å². The van der Waals surface area contributed by atoms with Gasteiger partial charge in [-0.2, -0.15) is 0 Å². The molecule has 0 unspecified atom stereocenters. The van der Waals surface area contributed by atoms with E-state index in [2.05, 4.69) is 5.32 Å². The molecule has 5 heteroatoms. The van der Waals surface area contributed by atoms with E-state index in [0.29, 0.717) is 37.6 Å². The van der Waals surface area contributed by atoms with Gasteiger partial charge in [-0.15, -0.1) is 0 Å². The molecule has 20 heavy (non-hydrogen) atoms. The minimum Gasteiger partial charge on any atom is -0.381 e. The topological polar surface area (TPSA) is 58.6 Å². The highest BCUT2D eigenvalue weighted by Crippen LogP contribution is 2.30. The van der Waals surface area contributed by atoms with Crippen LogP contribution in [-0.2, 0) is 14.3 Å². The van der Waals surface area contributed by atoms with Crippen molar-refractivity contribution in [3.63, 3.8) is 0 Å². The number of anilines is 2. The van der Waals surface area contributed by atoms with Crippen molar-refractivity contribution < 1.29 is 14.3 Å². The minimum atomic E-state index is -0.0445. The number of carbonyl (C=O) groups is 2. The lowest BCUT2D eigenvalue weighted by Gasteiger charge is -2.23. The maximum Gasteiger partial charge on any atom is 0.227 e. The normalized spacial score (nSPS) is 22.1. The summed E-state index contributed by atoms with van der Waals surface area (Å²) in [6, 6.07) is 7.45. The van der Waals surface area contributed by atoms with Gasteiger partial charge in [0, 0.05) is 32.6 Å². The first-order valence-electron chi connectivity index (χ1n) is 7.01. The van der Waals surface area contributed by atoms with Gasteiger partial charge in [-0.25, -0.2) is 0 Å². The van der Waals surface area contributed by atoms with Crippen LogP contribution >= 0.6 is 0 Å². The van der Waals surface area contributed by atoms with Gasteiger partial charge in [-0.05, 0) is 24.5 Å². The molecule has 2 heterocycles. The SMILES string of the molecule is O=C1CCN(C(=O)C[C@H]2CCOC2)c2ccccc2N1. The molecule has 0 saturated carbocycles. The minimum absolute atomic E-state index is 0.0445. The van der Waals surface area contributed by atoms with E-state index < -0.39 is 0 Å². The molecule has 0 aromatic heterocycles. The van der Waals surface area contributed by atoms with Crippen LogP contribution < -0.4 is 10.2 Å². The number of hydrogen-bond donors (Lipinski definition) is 1. The van der Waals surface area contributed by atoms with Crippen LogP contribution in [0.25, 0.3) is 0 Å². The third-order valence-corrected chi connectivity index (χ3v) is 3.82. The molecular formula is C15H18N2O3. The molecule has 5 nitrogen and oxygen atoms in total. The number of rotatable bonds is 2. The van der Waals surface area contributed by atoms with Gasteiger partial charge in [0.1, 0.15) is 0 Å². The van der Waals surface area contributed by atoms with Crippen LogP contribution in [-0.4, -0.2) is 31.6 Å². The average molecular weight is 274 g/mol. The molecule has 0 aliphatic carbocycles. The van der Waals surface area contributed by atoms with Crippen molar-refractivity contribution in [3.05, 3.63) is 24.3 Å². The third-order valence-electron chi connectivity index (χ3n) is 3.82. The number of nitrogens with zero attached hydrogens (tertiary/aromatic N) is 1. The second-order valence-corrected chi connectivity index (χ2v) is 5.29. The highest BCUT2D eigenvalue weighted by molar-refractivity contribution is 6.03. The number of ether oxygens (including phenoxy) is 1. The molecule has 1 saturated heterocycles. The first kappa shape index (κ1) is 13.1. The van der Waals surface area contributed by atoms with E-state index in [1.807, 2.05) is 24.3 Å². The molecule has 1 aromatic rings. The van der Waals surface area contributed by atoms with E-state index in [1.165, 1.54) is 0 Å². The molecular weight excluding hydrogens is 256 g/mol. The summed E-state index contributed by atoms with van der Waals surface area (Å²) in [4.78, 5) is 25.9.